The van der Waals surface area contributed by atoms with E-state index in [9.17, 15) is 4.79 Å². The van der Waals surface area contributed by atoms with Crippen LogP contribution in [0.25, 0.3) is 0 Å². The summed E-state index contributed by atoms with van der Waals surface area (Å²) in [5, 5.41) is 7.06. The lowest BCUT2D eigenvalue weighted by Gasteiger charge is -2.33. The number of rotatable bonds is 5. The van der Waals surface area contributed by atoms with Gasteiger partial charge in [-0.25, -0.2) is 4.79 Å². The maximum Gasteiger partial charge on any atom is 0.317 e. The van der Waals surface area contributed by atoms with E-state index >= 15 is 0 Å². The summed E-state index contributed by atoms with van der Waals surface area (Å²) in [5.41, 5.74) is 2.29. The van der Waals surface area contributed by atoms with E-state index in [1.807, 2.05) is 24.1 Å². The second-order valence-electron chi connectivity index (χ2n) is 6.07. The number of urea groups is 1. The normalized spacial score (nSPS) is 17.7. The van der Waals surface area contributed by atoms with Crippen molar-refractivity contribution in [2.75, 3.05) is 19.7 Å². The van der Waals surface area contributed by atoms with Gasteiger partial charge < -0.3 is 15.0 Å². The van der Waals surface area contributed by atoms with Crippen molar-refractivity contribution in [2.24, 2.45) is 7.05 Å². The molecule has 1 aliphatic rings. The fourth-order valence-corrected chi connectivity index (χ4v) is 2.90. The first-order chi connectivity index (χ1) is 11.7. The van der Waals surface area contributed by atoms with Crippen molar-refractivity contribution in [2.45, 2.75) is 25.5 Å². The lowest BCUT2D eigenvalue weighted by atomic mass is 10.1. The molecule has 1 aromatic carbocycles. The molecule has 1 aromatic heterocycles. The maximum absolute atomic E-state index is 12.4. The molecular formula is C18H24N4O2. The van der Waals surface area contributed by atoms with Crippen LogP contribution in [0.3, 0.4) is 0 Å². The van der Waals surface area contributed by atoms with Crippen LogP contribution in [-0.2, 0) is 24.8 Å². The fraction of sp³-hybridized carbons (Fsp3) is 0.444. The van der Waals surface area contributed by atoms with Crippen LogP contribution in [0.5, 0.6) is 0 Å². The number of amides is 2. The minimum Gasteiger partial charge on any atom is -0.375 e. The molecule has 0 aliphatic carbocycles. The minimum atomic E-state index is -0.0378. The molecule has 0 saturated carbocycles. The Labute approximate surface area is 142 Å². The van der Waals surface area contributed by atoms with E-state index < -0.39 is 0 Å². The summed E-state index contributed by atoms with van der Waals surface area (Å²) in [5.74, 6) is 0. The summed E-state index contributed by atoms with van der Waals surface area (Å²) < 4.78 is 7.58. The average molecular weight is 328 g/mol. The number of hydrogen-bond donors (Lipinski definition) is 1. The first-order valence-corrected chi connectivity index (χ1v) is 8.37. The van der Waals surface area contributed by atoms with E-state index in [1.54, 1.807) is 10.9 Å². The first-order valence-electron chi connectivity index (χ1n) is 8.37. The van der Waals surface area contributed by atoms with Gasteiger partial charge in [0.25, 0.3) is 0 Å². The molecule has 1 aliphatic heterocycles. The Hall–Kier alpha value is -2.34. The smallest absolute Gasteiger partial charge is 0.317 e. The lowest BCUT2D eigenvalue weighted by molar-refractivity contribution is -0.0176. The molecule has 0 bridgehead atoms. The summed E-state index contributed by atoms with van der Waals surface area (Å²) in [6.45, 7) is 2.36. The summed E-state index contributed by atoms with van der Waals surface area (Å²) in [6, 6.07) is 12.2. The molecule has 128 valence electrons. The summed E-state index contributed by atoms with van der Waals surface area (Å²) in [6.07, 6.45) is 3.72. The fourth-order valence-electron chi connectivity index (χ4n) is 2.90. The molecule has 24 heavy (non-hydrogen) atoms. The van der Waals surface area contributed by atoms with Gasteiger partial charge in [-0.15, -0.1) is 0 Å². The van der Waals surface area contributed by atoms with Gasteiger partial charge in [-0.1, -0.05) is 30.3 Å². The summed E-state index contributed by atoms with van der Waals surface area (Å²) >= 11 is 0. The van der Waals surface area contributed by atoms with Crippen molar-refractivity contribution in [1.82, 2.24) is 20.0 Å². The Morgan fingerprint density at radius 2 is 2.17 bits per heavy atom. The molecule has 3 rings (SSSR count). The van der Waals surface area contributed by atoms with Crippen molar-refractivity contribution < 1.29 is 9.53 Å². The van der Waals surface area contributed by atoms with Crippen LogP contribution in [0.2, 0.25) is 0 Å². The van der Waals surface area contributed by atoms with E-state index in [0.29, 0.717) is 26.2 Å². The highest BCUT2D eigenvalue weighted by molar-refractivity contribution is 5.74. The van der Waals surface area contributed by atoms with E-state index in [1.165, 1.54) is 5.56 Å². The number of hydrogen-bond acceptors (Lipinski definition) is 3. The van der Waals surface area contributed by atoms with Crippen molar-refractivity contribution >= 4 is 6.03 Å². The Bertz CT molecular complexity index is 656. The molecule has 2 heterocycles. The third-order valence-corrected chi connectivity index (χ3v) is 4.37. The van der Waals surface area contributed by atoms with Gasteiger partial charge in [-0.3, -0.25) is 4.68 Å². The van der Waals surface area contributed by atoms with Gasteiger partial charge in [-0.2, -0.15) is 5.10 Å². The zero-order chi connectivity index (χ0) is 16.8. The molecule has 2 aromatic rings. The zero-order valence-corrected chi connectivity index (χ0v) is 14.0. The number of carbonyl (C=O) groups excluding carboxylic acids is 1. The Kier molecular flexibility index (Phi) is 5.48. The maximum atomic E-state index is 12.4. The SMILES string of the molecule is Cn1nccc1CNC(=O)N1CCOC(CCc2ccccc2)C1. The minimum absolute atomic E-state index is 0.0378. The third-order valence-electron chi connectivity index (χ3n) is 4.37. The Balaban J connectivity index is 1.46. The van der Waals surface area contributed by atoms with Crippen LogP contribution in [-0.4, -0.2) is 46.5 Å². The third kappa shape index (κ3) is 4.35. The van der Waals surface area contributed by atoms with Crippen molar-refractivity contribution in [3.05, 3.63) is 53.9 Å². The van der Waals surface area contributed by atoms with Crippen LogP contribution in [0.1, 0.15) is 17.7 Å². The van der Waals surface area contributed by atoms with Crippen molar-refractivity contribution in [1.29, 1.82) is 0 Å². The highest BCUT2D eigenvalue weighted by Gasteiger charge is 2.24. The van der Waals surface area contributed by atoms with Crippen LogP contribution in [0.4, 0.5) is 4.79 Å². The molecule has 2 amide bonds. The van der Waals surface area contributed by atoms with Gasteiger partial charge in [0.2, 0.25) is 0 Å². The molecule has 0 radical (unpaired) electrons. The molecule has 1 unspecified atom stereocenters. The van der Waals surface area contributed by atoms with Crippen molar-refractivity contribution in [3.63, 3.8) is 0 Å². The quantitative estimate of drug-likeness (QED) is 0.913. The number of aromatic nitrogens is 2. The second-order valence-corrected chi connectivity index (χ2v) is 6.07. The Morgan fingerprint density at radius 1 is 1.33 bits per heavy atom. The van der Waals surface area contributed by atoms with Crippen LogP contribution in [0.15, 0.2) is 42.6 Å². The molecule has 1 atom stereocenters. The number of morpholine rings is 1. The predicted molar refractivity (Wildman–Crippen MR) is 91.5 cm³/mol. The van der Waals surface area contributed by atoms with E-state index in [-0.39, 0.29) is 12.1 Å². The average Bonchev–Trinajstić information content (AvgIpc) is 3.04. The van der Waals surface area contributed by atoms with Gasteiger partial charge in [0.15, 0.2) is 0 Å². The molecule has 0 spiro atoms. The zero-order valence-electron chi connectivity index (χ0n) is 14.0. The highest BCUT2D eigenvalue weighted by Crippen LogP contribution is 2.13. The van der Waals surface area contributed by atoms with Crippen LogP contribution >= 0.6 is 0 Å². The van der Waals surface area contributed by atoms with Gasteiger partial charge in [-0.05, 0) is 24.5 Å². The van der Waals surface area contributed by atoms with Gasteiger partial charge >= 0.3 is 6.03 Å². The van der Waals surface area contributed by atoms with Gasteiger partial charge in [0.05, 0.1) is 24.9 Å². The topological polar surface area (TPSA) is 59.4 Å². The Morgan fingerprint density at radius 3 is 2.92 bits per heavy atom. The number of carbonyl (C=O) groups is 1. The number of aryl methyl sites for hydroxylation is 2. The molecule has 6 heteroatoms. The highest BCUT2D eigenvalue weighted by atomic mass is 16.5. The predicted octanol–water partition coefficient (Wildman–Crippen LogP) is 1.96. The van der Waals surface area contributed by atoms with Crippen molar-refractivity contribution in [3.8, 4) is 0 Å². The molecule has 6 nitrogen and oxygen atoms in total. The van der Waals surface area contributed by atoms with Crippen LogP contribution in [0, 0.1) is 0 Å². The molecule has 1 N–H and O–H groups in total. The number of ether oxygens (including phenoxy) is 1. The standard InChI is InChI=1S/C18H24N4O2/c1-21-16(9-10-20-21)13-19-18(23)22-11-12-24-17(14-22)8-7-15-5-3-2-4-6-15/h2-6,9-10,17H,7-8,11-14H2,1H3,(H,19,23). The summed E-state index contributed by atoms with van der Waals surface area (Å²) in [4.78, 5) is 14.2. The lowest BCUT2D eigenvalue weighted by Crippen LogP contribution is -2.49. The van der Waals surface area contributed by atoms with Crippen LogP contribution < -0.4 is 5.32 Å². The monoisotopic (exact) mass is 328 g/mol. The van der Waals surface area contributed by atoms with E-state index in [2.05, 4.69) is 34.7 Å². The second kappa shape index (κ2) is 7.97. The van der Waals surface area contributed by atoms with Gasteiger partial charge in [0, 0.05) is 26.3 Å². The van der Waals surface area contributed by atoms with Gasteiger partial charge in [0.1, 0.15) is 0 Å². The largest absolute Gasteiger partial charge is 0.375 e. The summed E-state index contributed by atoms with van der Waals surface area (Å²) in [7, 11) is 1.87. The first kappa shape index (κ1) is 16.5. The molecular weight excluding hydrogens is 304 g/mol. The van der Waals surface area contributed by atoms with E-state index in [4.69, 9.17) is 4.74 Å². The number of benzene rings is 1. The number of nitrogens with zero attached hydrogens (tertiary/aromatic N) is 3. The van der Waals surface area contributed by atoms with E-state index in [0.717, 1.165) is 18.5 Å². The molecule has 1 fully saturated rings. The number of nitrogens with one attached hydrogen (secondary N) is 1. The molecule has 1 saturated heterocycles.